The van der Waals surface area contributed by atoms with Crippen molar-refractivity contribution in [2.24, 2.45) is 0 Å². The third-order valence-corrected chi connectivity index (χ3v) is 1.99. The van der Waals surface area contributed by atoms with Crippen LogP contribution in [-0.4, -0.2) is 49.3 Å². The van der Waals surface area contributed by atoms with Crippen molar-refractivity contribution in [1.29, 1.82) is 0 Å². The van der Waals surface area contributed by atoms with Gasteiger partial charge in [0, 0.05) is 12.0 Å². The average Bonchev–Trinajstić information content (AvgIpc) is 2.17. The van der Waals surface area contributed by atoms with Gasteiger partial charge in [-0.05, 0) is 20.2 Å². The van der Waals surface area contributed by atoms with Crippen molar-refractivity contribution < 1.29 is 14.8 Å². The van der Waals surface area contributed by atoms with Gasteiger partial charge in [0.1, 0.15) is 12.4 Å². The summed E-state index contributed by atoms with van der Waals surface area (Å²) in [5.41, 5.74) is 0.399. The smallest absolute Gasteiger partial charge is 0.492 e. The van der Waals surface area contributed by atoms with Crippen molar-refractivity contribution in [3.63, 3.8) is 0 Å². The molecule has 0 aliphatic heterocycles. The molecule has 0 spiro atoms. The van der Waals surface area contributed by atoms with Crippen LogP contribution in [0.4, 0.5) is 0 Å². The van der Waals surface area contributed by atoms with E-state index < -0.39 is 7.12 Å². The van der Waals surface area contributed by atoms with E-state index in [1.54, 1.807) is 24.3 Å². The first-order valence-electron chi connectivity index (χ1n) is 4.84. The zero-order valence-electron chi connectivity index (χ0n) is 9.05. The van der Waals surface area contributed by atoms with Gasteiger partial charge in [-0.2, -0.15) is 0 Å². The number of hydrogen-bond acceptors (Lipinski definition) is 4. The maximum absolute atomic E-state index is 9.08. The highest BCUT2D eigenvalue weighted by atomic mass is 16.5. The molecule has 0 bridgehead atoms. The molecule has 5 heteroatoms. The molecule has 0 amide bonds. The first kappa shape index (κ1) is 12.0. The predicted octanol–water partition coefficient (Wildman–Crippen LogP) is -0.693. The molecule has 0 aliphatic rings. The highest BCUT2D eigenvalue weighted by molar-refractivity contribution is 6.59. The van der Waals surface area contributed by atoms with Gasteiger partial charge in [-0.3, -0.25) is 0 Å². The van der Waals surface area contributed by atoms with E-state index in [2.05, 4.69) is 0 Å². The summed E-state index contributed by atoms with van der Waals surface area (Å²) in [6, 6.07) is 6.91. The van der Waals surface area contributed by atoms with E-state index in [4.69, 9.17) is 14.8 Å². The highest BCUT2D eigenvalue weighted by Gasteiger charge is 2.15. The predicted molar refractivity (Wildman–Crippen MR) is 60.3 cm³/mol. The van der Waals surface area contributed by atoms with Crippen LogP contribution >= 0.6 is 0 Å². The van der Waals surface area contributed by atoms with Gasteiger partial charge >= 0.3 is 7.12 Å². The summed E-state index contributed by atoms with van der Waals surface area (Å²) in [7, 11) is 2.42. The van der Waals surface area contributed by atoms with Gasteiger partial charge in [-0.15, -0.1) is 0 Å². The van der Waals surface area contributed by atoms with Crippen LogP contribution in [0.25, 0.3) is 0 Å². The molecule has 0 aliphatic carbocycles. The number of rotatable bonds is 5. The number of nitrogens with zero attached hydrogens (tertiary/aromatic N) is 1. The van der Waals surface area contributed by atoms with Crippen LogP contribution in [0.1, 0.15) is 0 Å². The largest absolute Gasteiger partial charge is 0.493 e. The molecule has 1 rings (SSSR count). The molecule has 0 saturated carbocycles. The molecule has 4 nitrogen and oxygen atoms in total. The molecule has 15 heavy (non-hydrogen) atoms. The van der Waals surface area contributed by atoms with Crippen molar-refractivity contribution in [3.8, 4) is 5.75 Å². The van der Waals surface area contributed by atoms with Gasteiger partial charge in [0.25, 0.3) is 0 Å². The molecular formula is C10H16BNO3. The van der Waals surface area contributed by atoms with Gasteiger partial charge in [0.2, 0.25) is 0 Å². The molecule has 0 fully saturated rings. The molecule has 1 aromatic carbocycles. The first-order chi connectivity index (χ1) is 7.11. The van der Waals surface area contributed by atoms with Crippen molar-refractivity contribution in [2.75, 3.05) is 27.2 Å². The van der Waals surface area contributed by atoms with E-state index in [1.807, 2.05) is 19.0 Å². The molecule has 0 saturated heterocycles. The second-order valence-electron chi connectivity index (χ2n) is 3.56. The monoisotopic (exact) mass is 209 g/mol. The number of likely N-dealkylation sites (N-methyl/N-ethyl adjacent to an activating group) is 1. The Hall–Kier alpha value is -1.04. The number of benzene rings is 1. The quantitative estimate of drug-likeness (QED) is 0.630. The number of para-hydroxylation sites is 1. The summed E-state index contributed by atoms with van der Waals surface area (Å²) in [4.78, 5) is 2.00. The SMILES string of the molecule is CN(C)CCOc1ccccc1B(O)O. The second kappa shape index (κ2) is 5.75. The van der Waals surface area contributed by atoms with Crippen LogP contribution in [0.15, 0.2) is 24.3 Å². The molecule has 0 unspecified atom stereocenters. The second-order valence-corrected chi connectivity index (χ2v) is 3.56. The van der Waals surface area contributed by atoms with Crippen LogP contribution in [0.5, 0.6) is 5.75 Å². The Bertz CT molecular complexity index is 304. The van der Waals surface area contributed by atoms with Crippen molar-refractivity contribution in [1.82, 2.24) is 4.90 Å². The van der Waals surface area contributed by atoms with E-state index in [0.29, 0.717) is 17.8 Å². The fourth-order valence-corrected chi connectivity index (χ4v) is 1.16. The third-order valence-electron chi connectivity index (χ3n) is 1.99. The lowest BCUT2D eigenvalue weighted by atomic mass is 9.79. The first-order valence-corrected chi connectivity index (χ1v) is 4.84. The summed E-state index contributed by atoms with van der Waals surface area (Å²) in [6.07, 6.45) is 0. The van der Waals surface area contributed by atoms with E-state index in [0.717, 1.165) is 6.54 Å². The van der Waals surface area contributed by atoms with E-state index >= 15 is 0 Å². The number of hydrogen-bond donors (Lipinski definition) is 2. The molecule has 0 heterocycles. The van der Waals surface area contributed by atoms with Gasteiger partial charge in [-0.25, -0.2) is 0 Å². The average molecular weight is 209 g/mol. The summed E-state index contributed by atoms with van der Waals surface area (Å²) in [5.74, 6) is 0.523. The van der Waals surface area contributed by atoms with Crippen LogP contribution in [0.2, 0.25) is 0 Å². The van der Waals surface area contributed by atoms with Gasteiger partial charge in [0.05, 0.1) is 0 Å². The standard InChI is InChI=1S/C10H16BNO3/c1-12(2)7-8-15-10-6-4-3-5-9(10)11(13)14/h3-6,13-14H,7-8H2,1-2H3. The molecular weight excluding hydrogens is 193 g/mol. The van der Waals surface area contributed by atoms with Crippen molar-refractivity contribution in [2.45, 2.75) is 0 Å². The molecule has 2 N–H and O–H groups in total. The normalized spacial score (nSPS) is 10.5. The summed E-state index contributed by atoms with van der Waals surface area (Å²) < 4.78 is 5.45. The maximum atomic E-state index is 9.08. The summed E-state index contributed by atoms with van der Waals surface area (Å²) in [6.45, 7) is 1.31. The minimum absolute atomic E-state index is 0.399. The minimum Gasteiger partial charge on any atom is -0.493 e. The fraction of sp³-hybridized carbons (Fsp3) is 0.400. The zero-order valence-corrected chi connectivity index (χ0v) is 9.05. The topological polar surface area (TPSA) is 52.9 Å². The van der Waals surface area contributed by atoms with Crippen molar-refractivity contribution >= 4 is 12.6 Å². The lowest BCUT2D eigenvalue weighted by Gasteiger charge is -2.13. The van der Waals surface area contributed by atoms with E-state index in [-0.39, 0.29) is 0 Å². The zero-order chi connectivity index (χ0) is 11.3. The maximum Gasteiger partial charge on any atom is 0.492 e. The molecule has 0 aromatic heterocycles. The van der Waals surface area contributed by atoms with Gasteiger partial charge in [-0.1, -0.05) is 18.2 Å². The molecule has 0 atom stereocenters. The van der Waals surface area contributed by atoms with Crippen LogP contribution < -0.4 is 10.2 Å². The van der Waals surface area contributed by atoms with Crippen molar-refractivity contribution in [3.05, 3.63) is 24.3 Å². The van der Waals surface area contributed by atoms with Gasteiger partial charge in [0.15, 0.2) is 0 Å². The Morgan fingerprint density at radius 1 is 1.27 bits per heavy atom. The summed E-state index contributed by atoms with van der Waals surface area (Å²) >= 11 is 0. The Morgan fingerprint density at radius 3 is 2.53 bits per heavy atom. The lowest BCUT2D eigenvalue weighted by molar-refractivity contribution is 0.262. The summed E-state index contributed by atoms with van der Waals surface area (Å²) in [5, 5.41) is 18.2. The fourth-order valence-electron chi connectivity index (χ4n) is 1.16. The van der Waals surface area contributed by atoms with E-state index in [1.165, 1.54) is 0 Å². The number of ether oxygens (including phenoxy) is 1. The molecule has 1 aromatic rings. The lowest BCUT2D eigenvalue weighted by Crippen LogP contribution is -2.32. The van der Waals surface area contributed by atoms with Crippen LogP contribution in [0.3, 0.4) is 0 Å². The van der Waals surface area contributed by atoms with Gasteiger partial charge < -0.3 is 19.7 Å². The molecule has 82 valence electrons. The highest BCUT2D eigenvalue weighted by Crippen LogP contribution is 2.06. The Kier molecular flexibility index (Phi) is 4.61. The molecule has 0 radical (unpaired) electrons. The Labute approximate surface area is 90.2 Å². The van der Waals surface area contributed by atoms with Crippen LogP contribution in [-0.2, 0) is 0 Å². The third kappa shape index (κ3) is 3.91. The van der Waals surface area contributed by atoms with Crippen LogP contribution in [0, 0.1) is 0 Å². The Balaban J connectivity index is 2.59. The van der Waals surface area contributed by atoms with E-state index in [9.17, 15) is 0 Å². The minimum atomic E-state index is -1.49. The Morgan fingerprint density at radius 2 is 1.93 bits per heavy atom.